The SMILES string of the molecule is COCCN1C(=O)c2ccccc2[C@@H](C(=O)N2CCC[C@@H](C)C2)C12CCCC2. The lowest BCUT2D eigenvalue weighted by Gasteiger charge is -2.51. The number of methoxy groups -OCH3 is 1. The third-order valence-corrected chi connectivity index (χ3v) is 7.03. The first-order chi connectivity index (χ1) is 13.6. The van der Waals surface area contributed by atoms with Crippen molar-refractivity contribution >= 4 is 11.8 Å². The second-order valence-corrected chi connectivity index (χ2v) is 8.81. The highest BCUT2D eigenvalue weighted by molar-refractivity contribution is 6.02. The Morgan fingerprint density at radius 1 is 1.21 bits per heavy atom. The second-order valence-electron chi connectivity index (χ2n) is 8.81. The maximum Gasteiger partial charge on any atom is 0.254 e. The van der Waals surface area contributed by atoms with Gasteiger partial charge in [0.15, 0.2) is 0 Å². The van der Waals surface area contributed by atoms with Crippen LogP contribution in [0.4, 0.5) is 0 Å². The lowest BCUT2D eigenvalue weighted by molar-refractivity contribution is -0.138. The van der Waals surface area contributed by atoms with Gasteiger partial charge < -0.3 is 14.5 Å². The number of hydrogen-bond acceptors (Lipinski definition) is 3. The molecule has 1 aromatic carbocycles. The van der Waals surface area contributed by atoms with Gasteiger partial charge >= 0.3 is 0 Å². The van der Waals surface area contributed by atoms with Gasteiger partial charge in [-0.25, -0.2) is 0 Å². The molecule has 0 aromatic heterocycles. The van der Waals surface area contributed by atoms with Crippen LogP contribution < -0.4 is 0 Å². The summed E-state index contributed by atoms with van der Waals surface area (Å²) in [6.45, 7) is 4.94. The number of amides is 2. The summed E-state index contributed by atoms with van der Waals surface area (Å²) in [5.74, 6) is 0.565. The number of carbonyl (C=O) groups excluding carboxylic acids is 2. The van der Waals surface area contributed by atoms with Gasteiger partial charge in [-0.1, -0.05) is 38.0 Å². The van der Waals surface area contributed by atoms with Crippen LogP contribution in [0.5, 0.6) is 0 Å². The van der Waals surface area contributed by atoms with Crippen LogP contribution in [0.15, 0.2) is 24.3 Å². The van der Waals surface area contributed by atoms with E-state index < -0.39 is 5.54 Å². The summed E-state index contributed by atoms with van der Waals surface area (Å²) in [7, 11) is 1.67. The van der Waals surface area contributed by atoms with Crippen molar-refractivity contribution in [3.8, 4) is 0 Å². The van der Waals surface area contributed by atoms with E-state index in [1.165, 1.54) is 6.42 Å². The predicted octanol–water partition coefficient (Wildman–Crippen LogP) is 3.44. The molecular weight excluding hydrogens is 352 g/mol. The van der Waals surface area contributed by atoms with Crippen molar-refractivity contribution in [3.63, 3.8) is 0 Å². The number of hydrogen-bond donors (Lipinski definition) is 0. The average molecular weight is 385 g/mol. The zero-order valence-electron chi connectivity index (χ0n) is 17.2. The molecule has 5 nitrogen and oxygen atoms in total. The normalized spacial score (nSPS) is 26.6. The Morgan fingerprint density at radius 3 is 2.68 bits per heavy atom. The molecule has 152 valence electrons. The Balaban J connectivity index is 1.79. The van der Waals surface area contributed by atoms with Crippen molar-refractivity contribution in [1.29, 1.82) is 0 Å². The third kappa shape index (κ3) is 3.14. The summed E-state index contributed by atoms with van der Waals surface area (Å²) in [6, 6.07) is 7.77. The van der Waals surface area contributed by atoms with Crippen LogP contribution in [-0.4, -0.2) is 60.5 Å². The van der Waals surface area contributed by atoms with Crippen LogP contribution >= 0.6 is 0 Å². The number of piperidine rings is 1. The molecule has 1 saturated heterocycles. The highest BCUT2D eigenvalue weighted by Gasteiger charge is 2.56. The van der Waals surface area contributed by atoms with Crippen molar-refractivity contribution in [2.24, 2.45) is 5.92 Å². The number of ether oxygens (including phenoxy) is 1. The zero-order chi connectivity index (χ0) is 19.7. The molecule has 4 rings (SSSR count). The quantitative estimate of drug-likeness (QED) is 0.799. The predicted molar refractivity (Wildman–Crippen MR) is 108 cm³/mol. The lowest BCUT2D eigenvalue weighted by Crippen LogP contribution is -2.62. The summed E-state index contributed by atoms with van der Waals surface area (Å²) in [6.07, 6.45) is 6.20. The maximum atomic E-state index is 13.9. The molecule has 1 saturated carbocycles. The number of benzene rings is 1. The van der Waals surface area contributed by atoms with Gasteiger partial charge in [0, 0.05) is 32.3 Å². The monoisotopic (exact) mass is 384 g/mol. The molecule has 1 aromatic rings. The van der Waals surface area contributed by atoms with Gasteiger partial charge in [0.05, 0.1) is 18.1 Å². The van der Waals surface area contributed by atoms with E-state index in [-0.39, 0.29) is 17.7 Å². The second kappa shape index (κ2) is 7.86. The van der Waals surface area contributed by atoms with E-state index in [2.05, 4.69) is 11.8 Å². The summed E-state index contributed by atoms with van der Waals surface area (Å²) >= 11 is 0. The van der Waals surface area contributed by atoms with Crippen molar-refractivity contribution in [2.45, 2.75) is 56.9 Å². The van der Waals surface area contributed by atoms with E-state index in [1.54, 1.807) is 7.11 Å². The Bertz CT molecular complexity index is 741. The first-order valence-corrected chi connectivity index (χ1v) is 10.8. The fourth-order valence-electron chi connectivity index (χ4n) is 5.72. The van der Waals surface area contributed by atoms with Crippen LogP contribution in [0.3, 0.4) is 0 Å². The molecule has 2 atom stereocenters. The molecule has 2 fully saturated rings. The standard InChI is InChI=1S/C23H32N2O3/c1-17-8-7-13-24(16-17)22(27)20-18-9-3-4-10-19(18)21(26)25(14-15-28-2)23(20)11-5-6-12-23/h3-4,9-10,17,20H,5-8,11-16H2,1-2H3/t17-,20+/m1/s1. The Labute approximate surface area is 168 Å². The third-order valence-electron chi connectivity index (χ3n) is 7.03. The van der Waals surface area contributed by atoms with Crippen LogP contribution in [0.2, 0.25) is 0 Å². The maximum absolute atomic E-state index is 13.9. The van der Waals surface area contributed by atoms with Crippen molar-refractivity contribution < 1.29 is 14.3 Å². The minimum absolute atomic E-state index is 0.0608. The Kier molecular flexibility index (Phi) is 5.46. The topological polar surface area (TPSA) is 49.9 Å². The number of carbonyl (C=O) groups is 2. The van der Waals surface area contributed by atoms with Crippen molar-refractivity contribution in [1.82, 2.24) is 9.80 Å². The van der Waals surface area contributed by atoms with Gasteiger partial charge in [0.25, 0.3) is 5.91 Å². The van der Waals surface area contributed by atoms with E-state index >= 15 is 0 Å². The average Bonchev–Trinajstić information content (AvgIpc) is 3.18. The molecule has 1 spiro atoms. The number of fused-ring (bicyclic) bond motifs is 1. The summed E-state index contributed by atoms with van der Waals surface area (Å²) in [4.78, 5) is 31.4. The van der Waals surface area contributed by atoms with Crippen molar-refractivity contribution in [2.75, 3.05) is 33.4 Å². The minimum atomic E-state index is -0.401. The Hall–Kier alpha value is -1.88. The summed E-state index contributed by atoms with van der Waals surface area (Å²) < 4.78 is 5.32. The molecule has 2 heterocycles. The van der Waals surface area contributed by atoms with Crippen LogP contribution in [0.1, 0.15) is 67.3 Å². The smallest absolute Gasteiger partial charge is 0.254 e. The molecule has 1 aliphatic carbocycles. The minimum Gasteiger partial charge on any atom is -0.383 e. The lowest BCUT2D eigenvalue weighted by atomic mass is 9.70. The van der Waals surface area contributed by atoms with Gasteiger partial charge in [0.2, 0.25) is 5.91 Å². The molecule has 0 unspecified atom stereocenters. The molecule has 5 heteroatoms. The van der Waals surface area contributed by atoms with E-state index in [0.717, 1.165) is 50.8 Å². The molecular formula is C23H32N2O3. The van der Waals surface area contributed by atoms with Gasteiger partial charge in [-0.05, 0) is 43.2 Å². The highest BCUT2D eigenvalue weighted by Crippen LogP contribution is 2.51. The molecule has 3 aliphatic rings. The van der Waals surface area contributed by atoms with E-state index in [9.17, 15) is 9.59 Å². The number of rotatable bonds is 4. The first kappa shape index (κ1) is 19.4. The highest BCUT2D eigenvalue weighted by atomic mass is 16.5. The zero-order valence-corrected chi connectivity index (χ0v) is 17.2. The number of nitrogens with zero attached hydrogens (tertiary/aromatic N) is 2. The van der Waals surface area contributed by atoms with E-state index in [4.69, 9.17) is 4.74 Å². The van der Waals surface area contributed by atoms with Gasteiger partial charge in [-0.3, -0.25) is 9.59 Å². The first-order valence-electron chi connectivity index (χ1n) is 10.8. The van der Waals surface area contributed by atoms with E-state index in [0.29, 0.717) is 24.6 Å². The van der Waals surface area contributed by atoms with Crippen molar-refractivity contribution in [3.05, 3.63) is 35.4 Å². The fourth-order valence-corrected chi connectivity index (χ4v) is 5.72. The molecule has 0 bridgehead atoms. The summed E-state index contributed by atoms with van der Waals surface area (Å²) in [5, 5.41) is 0. The molecule has 28 heavy (non-hydrogen) atoms. The van der Waals surface area contributed by atoms with Crippen LogP contribution in [0.25, 0.3) is 0 Å². The number of likely N-dealkylation sites (tertiary alicyclic amines) is 1. The van der Waals surface area contributed by atoms with Crippen LogP contribution in [0, 0.1) is 5.92 Å². The Morgan fingerprint density at radius 2 is 1.96 bits per heavy atom. The van der Waals surface area contributed by atoms with Crippen LogP contribution in [-0.2, 0) is 9.53 Å². The summed E-state index contributed by atoms with van der Waals surface area (Å²) in [5.41, 5.74) is 1.23. The molecule has 2 amide bonds. The van der Waals surface area contributed by atoms with Gasteiger partial charge in [-0.15, -0.1) is 0 Å². The van der Waals surface area contributed by atoms with Gasteiger partial charge in [0.1, 0.15) is 0 Å². The van der Waals surface area contributed by atoms with Gasteiger partial charge in [-0.2, -0.15) is 0 Å². The van der Waals surface area contributed by atoms with E-state index in [1.807, 2.05) is 29.2 Å². The molecule has 2 aliphatic heterocycles. The fraction of sp³-hybridized carbons (Fsp3) is 0.652. The molecule has 0 radical (unpaired) electrons. The largest absolute Gasteiger partial charge is 0.383 e. The molecule has 0 N–H and O–H groups in total.